The number of nitrogens with zero attached hydrogens (tertiary/aromatic N) is 1. The van der Waals surface area contributed by atoms with Crippen molar-refractivity contribution in [2.45, 2.75) is 0 Å². The molecule has 0 heterocycles. The number of rotatable bonds is 5. The van der Waals surface area contributed by atoms with Crippen molar-refractivity contribution < 1.29 is 14.4 Å². The molecule has 0 fully saturated rings. The topological polar surface area (TPSA) is 54.5 Å². The third-order valence-corrected chi connectivity index (χ3v) is 1.58. The summed E-state index contributed by atoms with van der Waals surface area (Å²) in [5.41, 5.74) is -0.208. The molecule has 0 bridgehead atoms. The molecule has 0 saturated carbocycles. The maximum atomic E-state index is 11.5. The van der Waals surface area contributed by atoms with Crippen LogP contribution >= 0.6 is 0 Å². The Morgan fingerprint density at radius 1 is 1.07 bits per heavy atom. The minimum absolute atomic E-state index is 0.208. The van der Waals surface area contributed by atoms with Crippen LogP contribution in [-0.2, 0) is 14.4 Å². The smallest absolute Gasteiger partial charge is 0.257 e. The molecule has 0 aromatic rings. The minimum atomic E-state index is -0.580. The summed E-state index contributed by atoms with van der Waals surface area (Å²) in [6, 6.07) is 0. The van der Waals surface area contributed by atoms with Crippen molar-refractivity contribution in [2.75, 3.05) is 14.1 Å². The highest BCUT2D eigenvalue weighted by Gasteiger charge is 2.18. The van der Waals surface area contributed by atoms with Crippen LogP contribution in [0.25, 0.3) is 0 Å². The van der Waals surface area contributed by atoms with Crippen molar-refractivity contribution in [1.82, 2.24) is 4.90 Å². The lowest BCUT2D eigenvalue weighted by Crippen LogP contribution is -2.27. The van der Waals surface area contributed by atoms with Crippen LogP contribution in [0.1, 0.15) is 0 Å². The molecule has 0 spiro atoms. The molecular formula is C11H13NO3. The molecule has 0 aliphatic carbocycles. The van der Waals surface area contributed by atoms with Crippen molar-refractivity contribution in [3.63, 3.8) is 0 Å². The summed E-state index contributed by atoms with van der Waals surface area (Å²) >= 11 is 0. The van der Waals surface area contributed by atoms with Crippen LogP contribution in [-0.4, -0.2) is 36.5 Å². The Morgan fingerprint density at radius 3 is 1.93 bits per heavy atom. The van der Waals surface area contributed by atoms with Crippen molar-refractivity contribution in [3.8, 4) is 0 Å². The number of carbonyl (C=O) groups is 3. The third kappa shape index (κ3) is 3.72. The molecule has 0 N–H and O–H groups in total. The van der Waals surface area contributed by atoms with Gasteiger partial charge in [-0.15, -0.1) is 0 Å². The fraction of sp³-hybridized carbons (Fsp3) is 0.182. The van der Waals surface area contributed by atoms with Gasteiger partial charge in [-0.1, -0.05) is 13.2 Å². The molecule has 1 amide bonds. The normalized spacial score (nSPS) is 10.4. The van der Waals surface area contributed by atoms with Crippen LogP contribution in [0.4, 0.5) is 0 Å². The van der Waals surface area contributed by atoms with Gasteiger partial charge in [-0.25, -0.2) is 0 Å². The van der Waals surface area contributed by atoms with E-state index in [2.05, 4.69) is 13.2 Å². The number of amides is 1. The molecule has 4 nitrogen and oxygen atoms in total. The molecule has 0 rings (SSSR count). The zero-order valence-electron chi connectivity index (χ0n) is 8.82. The van der Waals surface area contributed by atoms with E-state index in [1.165, 1.54) is 19.0 Å². The van der Waals surface area contributed by atoms with Crippen molar-refractivity contribution in [3.05, 3.63) is 37.0 Å². The number of allylic oxidation sites excluding steroid dienone is 3. The van der Waals surface area contributed by atoms with E-state index in [-0.39, 0.29) is 5.57 Å². The lowest BCUT2D eigenvalue weighted by atomic mass is 10.1. The van der Waals surface area contributed by atoms with E-state index in [1.807, 2.05) is 0 Å². The van der Waals surface area contributed by atoms with Gasteiger partial charge in [0.1, 0.15) is 0 Å². The molecule has 80 valence electrons. The number of carbonyl (C=O) groups excluding carboxylic acids is 3. The molecule has 0 radical (unpaired) electrons. The highest BCUT2D eigenvalue weighted by atomic mass is 16.2. The standard InChI is InChI=1S/C11H13NO3/c1-5-8(13)7-9(10(14)6-2)11(15)12(3)4/h5-7H,1-2H2,3-4H3. The van der Waals surface area contributed by atoms with Gasteiger partial charge in [-0.2, -0.15) is 0 Å². The van der Waals surface area contributed by atoms with E-state index in [0.29, 0.717) is 0 Å². The highest BCUT2D eigenvalue weighted by Crippen LogP contribution is 2.02. The zero-order chi connectivity index (χ0) is 12.0. The van der Waals surface area contributed by atoms with Gasteiger partial charge in [-0.05, 0) is 12.2 Å². The van der Waals surface area contributed by atoms with Crippen LogP contribution in [0.5, 0.6) is 0 Å². The fourth-order valence-corrected chi connectivity index (χ4v) is 0.790. The average molecular weight is 207 g/mol. The van der Waals surface area contributed by atoms with E-state index in [1.54, 1.807) is 0 Å². The first-order chi connectivity index (χ1) is 6.93. The molecule has 0 aromatic heterocycles. The second-order valence-corrected chi connectivity index (χ2v) is 2.93. The summed E-state index contributed by atoms with van der Waals surface area (Å²) in [6.07, 6.45) is 2.97. The van der Waals surface area contributed by atoms with E-state index in [9.17, 15) is 14.4 Å². The molecular weight excluding hydrogens is 194 g/mol. The Labute approximate surface area is 88.6 Å². The summed E-state index contributed by atoms with van der Waals surface area (Å²) in [5, 5.41) is 0. The van der Waals surface area contributed by atoms with Gasteiger partial charge in [-0.3, -0.25) is 14.4 Å². The van der Waals surface area contributed by atoms with Crippen LogP contribution in [0.3, 0.4) is 0 Å². The molecule has 0 unspecified atom stereocenters. The summed E-state index contributed by atoms with van der Waals surface area (Å²) in [6.45, 7) is 6.50. The molecule has 15 heavy (non-hydrogen) atoms. The Morgan fingerprint density at radius 2 is 1.60 bits per heavy atom. The Balaban J connectivity index is 5.23. The Bertz CT molecular complexity index is 351. The van der Waals surface area contributed by atoms with E-state index in [0.717, 1.165) is 18.2 Å². The van der Waals surface area contributed by atoms with Crippen LogP contribution in [0, 0.1) is 0 Å². The molecule has 0 saturated heterocycles. The predicted octanol–water partition coefficient (Wildman–Crippen LogP) is 0.511. The number of hydrogen-bond acceptors (Lipinski definition) is 3. The third-order valence-electron chi connectivity index (χ3n) is 1.58. The lowest BCUT2D eigenvalue weighted by Gasteiger charge is -2.10. The summed E-state index contributed by atoms with van der Waals surface area (Å²) < 4.78 is 0. The van der Waals surface area contributed by atoms with Gasteiger partial charge in [0.05, 0.1) is 5.57 Å². The van der Waals surface area contributed by atoms with Crippen molar-refractivity contribution in [1.29, 1.82) is 0 Å². The van der Waals surface area contributed by atoms with Gasteiger partial charge in [0.15, 0.2) is 11.6 Å². The quantitative estimate of drug-likeness (QED) is 0.375. The maximum Gasteiger partial charge on any atom is 0.257 e. The molecule has 0 aromatic carbocycles. The zero-order valence-corrected chi connectivity index (χ0v) is 8.82. The Kier molecular flexibility index (Phi) is 4.95. The van der Waals surface area contributed by atoms with Gasteiger partial charge in [0, 0.05) is 20.2 Å². The number of hydrogen-bond donors (Lipinski definition) is 0. The molecule has 4 heteroatoms. The number of ketones is 2. The van der Waals surface area contributed by atoms with Gasteiger partial charge in [0.25, 0.3) is 5.91 Å². The van der Waals surface area contributed by atoms with E-state index in [4.69, 9.17) is 0 Å². The van der Waals surface area contributed by atoms with Gasteiger partial charge in [0.2, 0.25) is 0 Å². The summed E-state index contributed by atoms with van der Waals surface area (Å²) in [4.78, 5) is 35.0. The minimum Gasteiger partial charge on any atom is -0.345 e. The SMILES string of the molecule is C=CC(=O)C=C(C(=O)C=C)C(=O)N(C)C. The molecule has 0 aliphatic rings. The molecule has 0 aliphatic heterocycles. The largest absolute Gasteiger partial charge is 0.345 e. The summed E-state index contributed by atoms with van der Waals surface area (Å²) in [5.74, 6) is -1.60. The van der Waals surface area contributed by atoms with Crippen LogP contribution in [0.2, 0.25) is 0 Å². The fourth-order valence-electron chi connectivity index (χ4n) is 0.790. The first kappa shape index (κ1) is 13.0. The monoisotopic (exact) mass is 207 g/mol. The van der Waals surface area contributed by atoms with E-state index >= 15 is 0 Å². The van der Waals surface area contributed by atoms with Gasteiger partial charge < -0.3 is 4.90 Å². The van der Waals surface area contributed by atoms with Gasteiger partial charge >= 0.3 is 0 Å². The maximum absolute atomic E-state index is 11.5. The molecule has 0 atom stereocenters. The first-order valence-electron chi connectivity index (χ1n) is 4.20. The number of likely N-dealkylation sites (N-methyl/N-ethyl adjacent to an activating group) is 1. The highest BCUT2D eigenvalue weighted by molar-refractivity contribution is 6.26. The van der Waals surface area contributed by atoms with Crippen LogP contribution < -0.4 is 0 Å². The van der Waals surface area contributed by atoms with Crippen molar-refractivity contribution >= 4 is 17.5 Å². The van der Waals surface area contributed by atoms with E-state index < -0.39 is 17.5 Å². The summed E-state index contributed by atoms with van der Waals surface area (Å²) in [7, 11) is 2.98. The lowest BCUT2D eigenvalue weighted by molar-refractivity contribution is -0.127. The van der Waals surface area contributed by atoms with Crippen LogP contribution in [0.15, 0.2) is 37.0 Å². The average Bonchev–Trinajstić information content (AvgIpc) is 2.23. The second kappa shape index (κ2) is 5.70. The Hall–Kier alpha value is -1.97. The second-order valence-electron chi connectivity index (χ2n) is 2.93. The predicted molar refractivity (Wildman–Crippen MR) is 57.2 cm³/mol. The van der Waals surface area contributed by atoms with Crippen molar-refractivity contribution in [2.24, 2.45) is 0 Å². The first-order valence-corrected chi connectivity index (χ1v) is 4.20.